The third kappa shape index (κ3) is 4.12. The molecule has 0 aliphatic carbocycles. The van der Waals surface area contributed by atoms with Gasteiger partial charge < -0.3 is 5.11 Å². The minimum atomic E-state index is 0.270. The van der Waals surface area contributed by atoms with Crippen molar-refractivity contribution in [1.82, 2.24) is 0 Å². The van der Waals surface area contributed by atoms with Crippen molar-refractivity contribution in [3.63, 3.8) is 0 Å². The van der Waals surface area contributed by atoms with Gasteiger partial charge in [0, 0.05) is 3.57 Å². The van der Waals surface area contributed by atoms with Crippen LogP contribution in [0.5, 0.6) is 5.75 Å². The first-order chi connectivity index (χ1) is 6.18. The molecule has 0 fully saturated rings. The van der Waals surface area contributed by atoms with Crippen LogP contribution < -0.4 is 0 Å². The summed E-state index contributed by atoms with van der Waals surface area (Å²) >= 11 is 2.22. The molecule has 0 radical (unpaired) electrons. The predicted molar refractivity (Wildman–Crippen MR) is 63.2 cm³/mol. The Morgan fingerprint density at radius 1 is 1.08 bits per heavy atom. The lowest BCUT2D eigenvalue weighted by Gasteiger charge is -1.88. The predicted octanol–water partition coefficient (Wildman–Crippen LogP) is 3.43. The molecule has 0 unspecified atom stereocenters. The Hall–Kier alpha value is -0.770. The number of rotatable bonds is 0. The van der Waals surface area contributed by atoms with E-state index in [-0.39, 0.29) is 5.75 Å². The van der Waals surface area contributed by atoms with Crippen molar-refractivity contribution in [1.29, 1.82) is 0 Å². The molecular weight excluding hydrogens is 275 g/mol. The summed E-state index contributed by atoms with van der Waals surface area (Å²) in [6.45, 7) is 2.04. The number of aromatic hydroxyl groups is 1. The maximum absolute atomic E-state index is 9.29. The van der Waals surface area contributed by atoms with Crippen molar-refractivity contribution < 1.29 is 5.11 Å². The Morgan fingerprint density at radius 3 is 2.54 bits per heavy atom. The van der Waals surface area contributed by atoms with E-state index >= 15 is 0 Å². The molecule has 1 aromatic carbocycles. The van der Waals surface area contributed by atoms with Gasteiger partial charge in [0.2, 0.25) is 0 Å². The van der Waals surface area contributed by atoms with E-state index in [0.29, 0.717) is 0 Å². The second-order valence-corrected chi connectivity index (χ2v) is 4.00. The Bertz CT molecular complexity index is 346. The summed E-state index contributed by atoms with van der Waals surface area (Å²) in [4.78, 5) is 0. The quantitative estimate of drug-likeness (QED) is 0.724. The van der Waals surface area contributed by atoms with Crippen LogP contribution in [0.1, 0.15) is 5.56 Å². The third-order valence-electron chi connectivity index (χ3n) is 1.52. The number of hydrogen-bond acceptors (Lipinski definition) is 1. The Balaban J connectivity index is 3.31. The van der Waals surface area contributed by atoms with Crippen molar-refractivity contribution >= 4 is 22.6 Å². The fraction of sp³-hybridized carbons (Fsp3) is 0.0909. The summed E-state index contributed by atoms with van der Waals surface area (Å²) < 4.78 is 1.10. The SMILES string of the molecule is Cc1ccccc(O)ccc(I)c1. The van der Waals surface area contributed by atoms with Gasteiger partial charge in [0.1, 0.15) is 5.75 Å². The zero-order valence-corrected chi connectivity index (χ0v) is 9.52. The summed E-state index contributed by atoms with van der Waals surface area (Å²) in [6.07, 6.45) is 0. The van der Waals surface area contributed by atoms with Crippen molar-refractivity contribution in [2.75, 3.05) is 0 Å². The molecule has 1 aromatic rings. The molecule has 0 saturated carbocycles. The first-order valence-electron chi connectivity index (χ1n) is 3.98. The molecular formula is C11H11IO. The minimum absolute atomic E-state index is 0.270. The second-order valence-electron chi connectivity index (χ2n) is 2.75. The van der Waals surface area contributed by atoms with Gasteiger partial charge in [0.05, 0.1) is 0 Å². The van der Waals surface area contributed by atoms with Gasteiger partial charge in [-0.3, -0.25) is 0 Å². The van der Waals surface area contributed by atoms with Gasteiger partial charge in [-0.2, -0.15) is 0 Å². The number of aryl methyl sites for hydroxylation is 1. The number of hydrogen-bond donors (Lipinski definition) is 1. The molecule has 1 N–H and O–H groups in total. The lowest BCUT2D eigenvalue weighted by atomic mass is 10.3. The van der Waals surface area contributed by atoms with Crippen LogP contribution >= 0.6 is 22.6 Å². The van der Waals surface area contributed by atoms with E-state index in [1.54, 1.807) is 12.1 Å². The minimum Gasteiger partial charge on any atom is -0.508 e. The fourth-order valence-electron chi connectivity index (χ4n) is 0.896. The smallest absolute Gasteiger partial charge is 0.115 e. The zero-order chi connectivity index (χ0) is 9.68. The Kier molecular flexibility index (Phi) is 4.02. The molecule has 0 amide bonds. The van der Waals surface area contributed by atoms with E-state index in [4.69, 9.17) is 0 Å². The van der Waals surface area contributed by atoms with Gasteiger partial charge in [-0.15, -0.1) is 0 Å². The van der Waals surface area contributed by atoms with E-state index in [2.05, 4.69) is 28.7 Å². The molecule has 0 aliphatic rings. The first-order valence-corrected chi connectivity index (χ1v) is 5.06. The highest BCUT2D eigenvalue weighted by Gasteiger charge is 1.82. The van der Waals surface area contributed by atoms with Gasteiger partial charge in [0.25, 0.3) is 0 Å². The molecule has 13 heavy (non-hydrogen) atoms. The summed E-state index contributed by atoms with van der Waals surface area (Å²) in [6, 6.07) is 13.0. The summed E-state index contributed by atoms with van der Waals surface area (Å²) in [5.74, 6) is 0.270. The van der Waals surface area contributed by atoms with E-state index in [1.165, 1.54) is 5.56 Å². The topological polar surface area (TPSA) is 20.2 Å². The van der Waals surface area contributed by atoms with Crippen LogP contribution in [0.25, 0.3) is 0 Å². The van der Waals surface area contributed by atoms with Gasteiger partial charge in [-0.05, 0) is 53.8 Å². The molecule has 1 rings (SSSR count). The van der Waals surface area contributed by atoms with Crippen LogP contribution in [-0.4, -0.2) is 5.11 Å². The van der Waals surface area contributed by atoms with Crippen LogP contribution in [0.3, 0.4) is 0 Å². The van der Waals surface area contributed by atoms with Crippen molar-refractivity contribution in [3.05, 3.63) is 51.6 Å². The van der Waals surface area contributed by atoms with E-state index in [0.717, 1.165) is 3.57 Å². The highest BCUT2D eigenvalue weighted by atomic mass is 127. The largest absolute Gasteiger partial charge is 0.508 e. The van der Waals surface area contributed by atoms with Gasteiger partial charge in [-0.25, -0.2) is 0 Å². The fourth-order valence-corrected chi connectivity index (χ4v) is 1.57. The van der Waals surface area contributed by atoms with Gasteiger partial charge in [-0.1, -0.05) is 23.8 Å². The monoisotopic (exact) mass is 286 g/mol. The zero-order valence-electron chi connectivity index (χ0n) is 7.37. The summed E-state index contributed by atoms with van der Waals surface area (Å²) in [7, 11) is 0. The van der Waals surface area contributed by atoms with E-state index in [1.807, 2.05) is 31.2 Å². The molecule has 1 nitrogen and oxygen atoms in total. The van der Waals surface area contributed by atoms with Crippen LogP contribution in [0.4, 0.5) is 0 Å². The lowest BCUT2D eigenvalue weighted by molar-refractivity contribution is 0.476. The molecule has 0 aromatic heterocycles. The van der Waals surface area contributed by atoms with Crippen molar-refractivity contribution in [3.8, 4) is 5.75 Å². The van der Waals surface area contributed by atoms with Crippen molar-refractivity contribution in [2.45, 2.75) is 6.92 Å². The average molecular weight is 286 g/mol. The van der Waals surface area contributed by atoms with Crippen LogP contribution in [0, 0.1) is 10.5 Å². The van der Waals surface area contributed by atoms with Crippen LogP contribution in [0.2, 0.25) is 0 Å². The highest BCUT2D eigenvalue weighted by Crippen LogP contribution is 2.07. The highest BCUT2D eigenvalue weighted by molar-refractivity contribution is 14.1. The standard InChI is InChI=1S/C11H11IO/c1-9-4-2-3-5-11(13)7-6-10(12)8-9/h2-8,13H,1H3. The molecule has 0 saturated heterocycles. The Morgan fingerprint density at radius 2 is 1.77 bits per heavy atom. The summed E-state index contributed by atoms with van der Waals surface area (Å²) in [5, 5.41) is 9.29. The van der Waals surface area contributed by atoms with E-state index < -0.39 is 0 Å². The second kappa shape index (κ2) is 5.07. The molecule has 2 heteroatoms. The average Bonchev–Trinajstić information content (AvgIpc) is 2.08. The first kappa shape index (κ1) is 10.3. The molecule has 0 aliphatic heterocycles. The summed E-state index contributed by atoms with van der Waals surface area (Å²) in [5.41, 5.74) is 1.19. The van der Waals surface area contributed by atoms with E-state index in [9.17, 15) is 5.11 Å². The Labute approximate surface area is 91.9 Å². The third-order valence-corrected chi connectivity index (χ3v) is 2.19. The molecule has 0 atom stereocenters. The molecule has 0 spiro atoms. The van der Waals surface area contributed by atoms with Gasteiger partial charge >= 0.3 is 0 Å². The molecule has 68 valence electrons. The van der Waals surface area contributed by atoms with Crippen LogP contribution in [-0.2, 0) is 0 Å². The molecule has 0 bridgehead atoms. The van der Waals surface area contributed by atoms with Crippen molar-refractivity contribution in [2.24, 2.45) is 0 Å². The number of halogens is 1. The lowest BCUT2D eigenvalue weighted by Crippen LogP contribution is -1.68. The maximum Gasteiger partial charge on any atom is 0.115 e. The van der Waals surface area contributed by atoms with Gasteiger partial charge in [0.15, 0.2) is 0 Å². The normalized spacial score (nSPS) is 9.08. The van der Waals surface area contributed by atoms with Crippen LogP contribution in [0.15, 0.2) is 42.5 Å². The maximum atomic E-state index is 9.29. The molecule has 0 heterocycles.